The van der Waals surface area contributed by atoms with Gasteiger partial charge >= 0.3 is 0 Å². The molecule has 23 heavy (non-hydrogen) atoms. The molecule has 0 radical (unpaired) electrons. The number of aromatic nitrogens is 1. The molecule has 1 nitrogen and oxygen atoms in total. The van der Waals surface area contributed by atoms with Gasteiger partial charge in [0.05, 0.1) is 5.52 Å². The summed E-state index contributed by atoms with van der Waals surface area (Å²) in [6.07, 6.45) is 4.43. The lowest BCUT2D eigenvalue weighted by molar-refractivity contribution is 0.940. The third kappa shape index (κ3) is 1.86. The Bertz CT molecular complexity index is 1010. The Hall–Kier alpha value is -2.80. The molecule has 0 amide bonds. The van der Waals surface area contributed by atoms with Gasteiger partial charge in [-0.25, -0.2) is 0 Å². The van der Waals surface area contributed by atoms with Crippen molar-refractivity contribution in [2.24, 2.45) is 0 Å². The van der Waals surface area contributed by atoms with E-state index < -0.39 is 0 Å². The van der Waals surface area contributed by atoms with E-state index in [-0.39, 0.29) is 0 Å². The molecule has 0 bridgehead atoms. The van der Waals surface area contributed by atoms with E-state index >= 15 is 0 Å². The van der Waals surface area contributed by atoms with Gasteiger partial charge in [0, 0.05) is 17.3 Å². The molecule has 110 valence electrons. The Morgan fingerprint density at radius 2 is 1.48 bits per heavy atom. The van der Waals surface area contributed by atoms with Gasteiger partial charge in [-0.15, -0.1) is 0 Å². The first kappa shape index (κ1) is 12.7. The fraction of sp³-hybridized carbons (Fsp3) is 0.0909. The van der Waals surface area contributed by atoms with Crippen LogP contribution in [-0.4, -0.2) is 4.57 Å². The van der Waals surface area contributed by atoms with Gasteiger partial charge in [-0.2, -0.15) is 0 Å². The van der Waals surface area contributed by atoms with E-state index in [4.69, 9.17) is 0 Å². The minimum Gasteiger partial charge on any atom is -0.316 e. The zero-order valence-corrected chi connectivity index (χ0v) is 12.9. The summed E-state index contributed by atoms with van der Waals surface area (Å²) in [4.78, 5) is 0. The van der Waals surface area contributed by atoms with Gasteiger partial charge in [0.25, 0.3) is 0 Å². The number of rotatable bonds is 1. The Balaban J connectivity index is 1.83. The van der Waals surface area contributed by atoms with Crippen LogP contribution in [-0.2, 0) is 12.8 Å². The van der Waals surface area contributed by atoms with Crippen LogP contribution < -0.4 is 0 Å². The van der Waals surface area contributed by atoms with Crippen molar-refractivity contribution in [2.45, 2.75) is 12.8 Å². The summed E-state index contributed by atoms with van der Waals surface area (Å²) >= 11 is 0. The predicted octanol–water partition coefficient (Wildman–Crippen LogP) is 5.40. The first-order chi connectivity index (χ1) is 11.4. The van der Waals surface area contributed by atoms with E-state index in [9.17, 15) is 0 Å². The highest BCUT2D eigenvalue weighted by Gasteiger charge is 2.19. The van der Waals surface area contributed by atoms with Crippen LogP contribution in [0.2, 0.25) is 0 Å². The summed E-state index contributed by atoms with van der Waals surface area (Å²) in [6.45, 7) is 0. The quantitative estimate of drug-likeness (QED) is 0.443. The highest BCUT2D eigenvalue weighted by Crippen LogP contribution is 2.38. The molecular formula is C22H17N. The lowest BCUT2D eigenvalue weighted by Gasteiger charge is -2.21. The third-order valence-electron chi connectivity index (χ3n) is 4.94. The molecule has 3 aromatic carbocycles. The molecule has 0 spiro atoms. The smallest absolute Gasteiger partial charge is 0.0566 e. The van der Waals surface area contributed by atoms with Crippen molar-refractivity contribution < 1.29 is 0 Å². The number of benzene rings is 3. The van der Waals surface area contributed by atoms with Crippen molar-refractivity contribution in [1.29, 1.82) is 0 Å². The van der Waals surface area contributed by atoms with Crippen LogP contribution >= 0.6 is 0 Å². The topological polar surface area (TPSA) is 4.93 Å². The van der Waals surface area contributed by atoms with Crippen molar-refractivity contribution >= 4 is 10.9 Å². The standard InChI is InChI=1S/C22H17N/c1-2-7-18(8-3-1)23-15-14-17-11-12-20-19-9-5-4-6-16(19)10-13-21(20)22(17)23/h1-9,11-12,14-15H,10,13H2. The monoisotopic (exact) mass is 295 g/mol. The normalized spacial score (nSPS) is 12.9. The molecule has 0 aliphatic heterocycles. The summed E-state index contributed by atoms with van der Waals surface area (Å²) in [5.41, 5.74) is 8.34. The number of aryl methyl sites for hydroxylation is 2. The molecule has 5 rings (SSSR count). The van der Waals surface area contributed by atoms with Crippen molar-refractivity contribution in [1.82, 2.24) is 4.57 Å². The Morgan fingerprint density at radius 1 is 0.652 bits per heavy atom. The number of fused-ring (bicyclic) bond motifs is 5. The second-order valence-corrected chi connectivity index (χ2v) is 6.21. The van der Waals surface area contributed by atoms with Crippen molar-refractivity contribution in [3.8, 4) is 16.8 Å². The molecule has 1 aliphatic rings. The largest absolute Gasteiger partial charge is 0.316 e. The molecule has 0 N–H and O–H groups in total. The maximum atomic E-state index is 2.34. The van der Waals surface area contributed by atoms with Crippen LogP contribution in [0.25, 0.3) is 27.7 Å². The van der Waals surface area contributed by atoms with E-state index in [1.807, 2.05) is 0 Å². The lowest BCUT2D eigenvalue weighted by Crippen LogP contribution is -2.06. The van der Waals surface area contributed by atoms with E-state index in [0.29, 0.717) is 0 Å². The highest BCUT2D eigenvalue weighted by molar-refractivity contribution is 5.92. The molecule has 0 saturated heterocycles. The maximum Gasteiger partial charge on any atom is 0.0566 e. The van der Waals surface area contributed by atoms with Crippen molar-refractivity contribution in [3.05, 3.63) is 90.1 Å². The van der Waals surface area contributed by atoms with E-state index in [1.54, 1.807) is 0 Å². The van der Waals surface area contributed by atoms with Gasteiger partial charge in [-0.3, -0.25) is 0 Å². The predicted molar refractivity (Wildman–Crippen MR) is 96.1 cm³/mol. The Labute approximate surface area is 135 Å². The molecule has 0 fully saturated rings. The van der Waals surface area contributed by atoms with E-state index in [0.717, 1.165) is 12.8 Å². The third-order valence-corrected chi connectivity index (χ3v) is 4.94. The average Bonchev–Trinajstić information content (AvgIpc) is 3.06. The van der Waals surface area contributed by atoms with Crippen molar-refractivity contribution in [3.63, 3.8) is 0 Å². The number of para-hydroxylation sites is 1. The fourth-order valence-electron chi connectivity index (χ4n) is 3.87. The van der Waals surface area contributed by atoms with Gasteiger partial charge in [0.2, 0.25) is 0 Å². The van der Waals surface area contributed by atoms with Crippen LogP contribution in [0.3, 0.4) is 0 Å². The van der Waals surface area contributed by atoms with Crippen molar-refractivity contribution in [2.75, 3.05) is 0 Å². The van der Waals surface area contributed by atoms with Gasteiger partial charge in [-0.1, -0.05) is 54.6 Å². The second kappa shape index (κ2) is 4.85. The van der Waals surface area contributed by atoms with Crippen LogP contribution in [0.5, 0.6) is 0 Å². The van der Waals surface area contributed by atoms with Crippen LogP contribution in [0.4, 0.5) is 0 Å². The molecule has 1 heterocycles. The van der Waals surface area contributed by atoms with Gasteiger partial charge in [0.1, 0.15) is 0 Å². The van der Waals surface area contributed by atoms with Gasteiger partial charge in [-0.05, 0) is 53.3 Å². The zero-order chi connectivity index (χ0) is 15.2. The fourth-order valence-corrected chi connectivity index (χ4v) is 3.87. The molecule has 0 atom stereocenters. The van der Waals surface area contributed by atoms with E-state index in [2.05, 4.69) is 83.6 Å². The second-order valence-electron chi connectivity index (χ2n) is 6.21. The van der Waals surface area contributed by atoms with Crippen LogP contribution in [0.15, 0.2) is 79.0 Å². The maximum absolute atomic E-state index is 2.34. The summed E-state index contributed by atoms with van der Waals surface area (Å²) < 4.78 is 2.34. The molecular weight excluding hydrogens is 278 g/mol. The molecule has 4 aromatic rings. The average molecular weight is 295 g/mol. The summed E-state index contributed by atoms with van der Waals surface area (Å²) in [5, 5.41) is 1.33. The minimum atomic E-state index is 1.11. The number of nitrogens with zero attached hydrogens (tertiary/aromatic N) is 1. The van der Waals surface area contributed by atoms with Gasteiger partial charge < -0.3 is 4.57 Å². The first-order valence-corrected chi connectivity index (χ1v) is 8.18. The molecule has 1 heteroatoms. The summed E-state index contributed by atoms with van der Waals surface area (Å²) in [5.74, 6) is 0. The first-order valence-electron chi connectivity index (χ1n) is 8.18. The highest BCUT2D eigenvalue weighted by atomic mass is 15.0. The van der Waals surface area contributed by atoms with Crippen LogP contribution in [0.1, 0.15) is 11.1 Å². The summed E-state index contributed by atoms with van der Waals surface area (Å²) in [7, 11) is 0. The van der Waals surface area contributed by atoms with Gasteiger partial charge in [0.15, 0.2) is 0 Å². The minimum absolute atomic E-state index is 1.11. The molecule has 0 unspecified atom stereocenters. The summed E-state index contributed by atoms with van der Waals surface area (Å²) in [6, 6.07) is 26.2. The lowest BCUT2D eigenvalue weighted by atomic mass is 9.84. The number of hydrogen-bond donors (Lipinski definition) is 0. The SMILES string of the molecule is c1ccc(-n2ccc3ccc4c(c32)CCc2ccccc2-4)cc1. The molecule has 1 aromatic heterocycles. The number of hydrogen-bond acceptors (Lipinski definition) is 0. The Kier molecular flexibility index (Phi) is 2.68. The Morgan fingerprint density at radius 3 is 2.39 bits per heavy atom. The zero-order valence-electron chi connectivity index (χ0n) is 12.9. The van der Waals surface area contributed by atoms with E-state index in [1.165, 1.54) is 38.8 Å². The molecule has 0 saturated carbocycles. The molecule has 1 aliphatic carbocycles. The van der Waals surface area contributed by atoms with Crippen LogP contribution in [0, 0.1) is 0 Å².